The highest BCUT2D eigenvalue weighted by Gasteiger charge is 2.50. The van der Waals surface area contributed by atoms with E-state index in [1.165, 1.54) is 16.7 Å². The van der Waals surface area contributed by atoms with Crippen LogP contribution in [0.1, 0.15) is 72.4 Å². The number of methoxy groups -OCH3 is 2. The Balaban J connectivity index is 0.000000181. The van der Waals surface area contributed by atoms with Crippen molar-refractivity contribution in [3.63, 3.8) is 0 Å². The Morgan fingerprint density at radius 2 is 1.16 bits per heavy atom. The molecule has 4 aromatic rings. The van der Waals surface area contributed by atoms with Gasteiger partial charge in [0.05, 0.1) is 25.4 Å². The summed E-state index contributed by atoms with van der Waals surface area (Å²) in [6.07, 6.45) is -1.40. The molecule has 4 saturated heterocycles. The standard InChI is InChI=1S/C26H33B2NO7P.C15H15N.C11H18B2O7P.CH4/c1-31-20-11-24(27)34-23(20)15-32-37(35-21-12-25(28)33-22(21)14-30)36-26(18-8-3-2-4-9-18)16-29-13-17-7-5-6-10-19(17)26;1-2-6-12(7-3-1)15-11-16-10-13-8-4-5-9-14(13)15;1-16-6-2-10(12)19-9(6)5-17-21(15)20-7-3-11(13)18-8(7)4-14;/h2-10,20-25,29-30,37H,11-16H2,1H3;1-9,15-16H,10-11H2;6-11,14H,2-5H2,1H3;1H4/q+1;;+1;/t20?,21?,22-,23-,24-,25-,26+;;6?,7?,8-,9-,10-,11-;/m1.1./s1. The van der Waals surface area contributed by atoms with Crippen molar-refractivity contribution >= 4 is 48.2 Å². The van der Waals surface area contributed by atoms with E-state index in [-0.39, 0.29) is 58.3 Å². The third-order valence-electron chi connectivity index (χ3n) is 14.0. The van der Waals surface area contributed by atoms with Crippen LogP contribution in [-0.2, 0) is 74.3 Å². The fourth-order valence-corrected chi connectivity index (χ4v) is 12.6. The number of aliphatic hydroxyl groups is 2. The molecule has 16 nitrogen and oxygen atoms in total. The summed E-state index contributed by atoms with van der Waals surface area (Å²) in [6.45, 7) is 3.07. The van der Waals surface area contributed by atoms with Crippen LogP contribution in [0.4, 0.5) is 0 Å². The fourth-order valence-electron chi connectivity index (χ4n) is 10.2. The second-order valence-corrected chi connectivity index (χ2v) is 21.1. The van der Waals surface area contributed by atoms with Gasteiger partial charge in [-0.1, -0.05) is 117 Å². The lowest BCUT2D eigenvalue weighted by atomic mass is 9.81. The van der Waals surface area contributed by atoms with Crippen LogP contribution in [0.25, 0.3) is 0 Å². The van der Waals surface area contributed by atoms with Gasteiger partial charge in [0.1, 0.15) is 81.2 Å². The van der Waals surface area contributed by atoms with Crippen LogP contribution in [0.15, 0.2) is 109 Å². The van der Waals surface area contributed by atoms with Crippen molar-refractivity contribution in [3.05, 3.63) is 143 Å². The molecule has 6 heterocycles. The molecule has 16 atom stereocenters. The van der Waals surface area contributed by atoms with Gasteiger partial charge in [0.25, 0.3) is 0 Å². The lowest BCUT2D eigenvalue weighted by Gasteiger charge is -2.38. The number of nitrogens with one attached hydrogen (secondary N) is 2. The molecule has 22 heteroatoms. The maximum absolute atomic E-state index is 11.8. The maximum atomic E-state index is 11.8. The summed E-state index contributed by atoms with van der Waals surface area (Å²) in [6, 6.07) is 35.9. The Hall–Kier alpha value is -2.93. The number of rotatable bonds is 18. The number of hydrogen-bond acceptors (Lipinski definition) is 16. The minimum Gasteiger partial charge on any atom is -0.394 e. The molecule has 6 aliphatic heterocycles. The predicted molar refractivity (Wildman–Crippen MR) is 289 cm³/mol. The van der Waals surface area contributed by atoms with E-state index in [4.69, 9.17) is 87.5 Å². The highest BCUT2D eigenvalue weighted by Crippen LogP contribution is 2.53. The van der Waals surface area contributed by atoms with Gasteiger partial charge in [-0.3, -0.25) is 0 Å². The van der Waals surface area contributed by atoms with E-state index in [9.17, 15) is 9.67 Å². The van der Waals surface area contributed by atoms with Crippen molar-refractivity contribution < 1.29 is 65.8 Å². The zero-order valence-electron chi connectivity index (χ0n) is 41.9. The van der Waals surface area contributed by atoms with Crippen LogP contribution in [0.3, 0.4) is 0 Å². The number of benzene rings is 4. The van der Waals surface area contributed by atoms with Gasteiger partial charge in [0, 0.05) is 74.9 Å². The number of aliphatic hydroxyl groups excluding tert-OH is 2. The van der Waals surface area contributed by atoms with E-state index in [2.05, 4.69) is 89.5 Å². The molecule has 4 N–H and O–H groups in total. The molecular weight excluding hydrogens is 994 g/mol. The molecular formula is C53H70B4N2O14P2+2. The van der Waals surface area contributed by atoms with Crippen LogP contribution in [0.2, 0.25) is 0 Å². The quantitative estimate of drug-likeness (QED) is 0.0757. The summed E-state index contributed by atoms with van der Waals surface area (Å²) in [5.74, 6) is 0.506. The SMILES string of the molecule is C.[B][C@H]1CC(OC)[C@@H](CO[P+](=O)OC2C[C@H]([B])O[C@@H]2CO)O1.[B][C@H]1CC(OC)[C@@H](CO[PH+](OC2C[C@H]([B])O[C@@H]2CO)O[C@]2(c3ccccc3)CNCc3ccccc32)O1.c1ccc(C2CNCc3ccccc32)cc1. The minimum absolute atomic E-state index is 0. The van der Waals surface area contributed by atoms with E-state index in [0.29, 0.717) is 38.1 Å². The molecule has 75 heavy (non-hydrogen) atoms. The first-order valence-electron chi connectivity index (χ1n) is 25.2. The van der Waals surface area contributed by atoms with E-state index in [1.54, 1.807) is 14.2 Å². The van der Waals surface area contributed by atoms with Crippen LogP contribution >= 0.6 is 16.9 Å². The molecule has 10 rings (SSSR count). The fraction of sp³-hybridized carbons (Fsp3) is 0.547. The molecule has 0 spiro atoms. The zero-order valence-corrected chi connectivity index (χ0v) is 43.8. The Morgan fingerprint density at radius 1 is 0.640 bits per heavy atom. The van der Waals surface area contributed by atoms with E-state index in [0.717, 1.165) is 36.3 Å². The Morgan fingerprint density at radius 3 is 1.80 bits per heavy atom. The number of ether oxygens (including phenoxy) is 6. The molecule has 6 aliphatic rings. The molecule has 0 aromatic heterocycles. The smallest absolute Gasteiger partial charge is 0.394 e. The molecule has 4 aromatic carbocycles. The van der Waals surface area contributed by atoms with Gasteiger partial charge in [-0.05, 0) is 59.1 Å². The Labute approximate surface area is 449 Å². The van der Waals surface area contributed by atoms with Crippen molar-refractivity contribution in [2.24, 2.45) is 0 Å². The predicted octanol–water partition coefficient (Wildman–Crippen LogP) is 5.16. The highest BCUT2D eigenvalue weighted by atomic mass is 31.2. The largest absolute Gasteiger partial charge is 0.697 e. The van der Waals surface area contributed by atoms with Crippen molar-refractivity contribution in [3.8, 4) is 0 Å². The lowest BCUT2D eigenvalue weighted by molar-refractivity contribution is -0.0379. The van der Waals surface area contributed by atoms with Crippen LogP contribution in [0.5, 0.6) is 0 Å². The second kappa shape index (κ2) is 29.3. The van der Waals surface area contributed by atoms with Crippen LogP contribution in [-0.4, -0.2) is 168 Å². The molecule has 7 unspecified atom stereocenters. The van der Waals surface area contributed by atoms with Gasteiger partial charge in [0.15, 0.2) is 5.60 Å². The average Bonchev–Trinajstić information content (AvgIpc) is 4.20. The lowest BCUT2D eigenvalue weighted by Crippen LogP contribution is -2.45. The van der Waals surface area contributed by atoms with Crippen molar-refractivity contribution in [2.45, 2.75) is 131 Å². The van der Waals surface area contributed by atoms with Gasteiger partial charge in [-0.25, -0.2) is 0 Å². The van der Waals surface area contributed by atoms with Crippen molar-refractivity contribution in [2.75, 3.05) is 53.7 Å². The normalized spacial score (nSPS) is 32.4. The summed E-state index contributed by atoms with van der Waals surface area (Å²) < 4.78 is 74.8. The summed E-state index contributed by atoms with van der Waals surface area (Å²) in [5, 5.41) is 26.0. The average molecular weight is 1060 g/mol. The summed E-state index contributed by atoms with van der Waals surface area (Å²) >= 11 is 0. The first-order chi connectivity index (χ1) is 36.0. The monoisotopic (exact) mass is 1060 g/mol. The van der Waals surface area contributed by atoms with Crippen LogP contribution in [0, 0.1) is 0 Å². The molecule has 0 bridgehead atoms. The van der Waals surface area contributed by atoms with Gasteiger partial charge in [0.2, 0.25) is 0 Å². The van der Waals surface area contributed by atoms with Crippen molar-refractivity contribution in [1.29, 1.82) is 0 Å². The Kier molecular flexibility index (Phi) is 23.4. The molecule has 0 amide bonds. The third kappa shape index (κ3) is 15.7. The highest BCUT2D eigenvalue weighted by molar-refractivity contribution is 7.41. The van der Waals surface area contributed by atoms with Gasteiger partial charge in [-0.15, -0.1) is 9.05 Å². The number of hydrogen-bond donors (Lipinski definition) is 4. The minimum atomic E-state index is -2.44. The van der Waals surface area contributed by atoms with E-state index < -0.39 is 70.9 Å². The third-order valence-corrected chi connectivity index (χ3v) is 16.2. The molecule has 4 fully saturated rings. The topological polar surface area (TPSA) is 183 Å². The van der Waals surface area contributed by atoms with Gasteiger partial charge < -0.3 is 49.3 Å². The summed E-state index contributed by atoms with van der Waals surface area (Å²) in [5.41, 5.74) is 6.65. The Bertz CT molecular complexity index is 2350. The summed E-state index contributed by atoms with van der Waals surface area (Å²) in [7, 11) is 21.6. The second-order valence-electron chi connectivity index (χ2n) is 18.9. The van der Waals surface area contributed by atoms with Gasteiger partial charge in [-0.2, -0.15) is 13.6 Å². The molecule has 0 saturated carbocycles. The van der Waals surface area contributed by atoms with Crippen LogP contribution < -0.4 is 10.6 Å². The molecule has 396 valence electrons. The summed E-state index contributed by atoms with van der Waals surface area (Å²) in [4.78, 5) is 0. The van der Waals surface area contributed by atoms with E-state index in [1.807, 2.05) is 30.3 Å². The first kappa shape index (κ1) is 59.7. The van der Waals surface area contributed by atoms with Crippen molar-refractivity contribution in [1.82, 2.24) is 10.6 Å². The molecule has 8 radical (unpaired) electrons. The maximum Gasteiger partial charge on any atom is 0.697 e. The van der Waals surface area contributed by atoms with E-state index >= 15 is 0 Å². The first-order valence-corrected chi connectivity index (χ1v) is 27.5. The number of fused-ring (bicyclic) bond motifs is 2. The van der Waals surface area contributed by atoms with Gasteiger partial charge >= 0.3 is 16.9 Å². The zero-order chi connectivity index (χ0) is 52.0. The molecule has 0 aliphatic carbocycles.